The van der Waals surface area contributed by atoms with Crippen molar-refractivity contribution in [1.82, 2.24) is 0 Å². The van der Waals surface area contributed by atoms with Crippen LogP contribution in [-0.2, 0) is 9.53 Å². The lowest BCUT2D eigenvalue weighted by Gasteiger charge is -2.15. The quantitative estimate of drug-likeness (QED) is 0.290. The van der Waals surface area contributed by atoms with Crippen LogP contribution in [0.4, 0.5) is 0 Å². The molecule has 0 aliphatic heterocycles. The lowest BCUT2D eigenvalue weighted by Crippen LogP contribution is -2.35. The third-order valence-electron chi connectivity index (χ3n) is 2.83. The second kappa shape index (κ2) is 9.30. The van der Waals surface area contributed by atoms with E-state index in [4.69, 9.17) is 16.2 Å². The maximum atomic E-state index is 12.1. The predicted molar refractivity (Wildman–Crippen MR) is 88.2 cm³/mol. The second-order valence-corrected chi connectivity index (χ2v) is 6.26. The molecule has 2 atom stereocenters. The van der Waals surface area contributed by atoms with Crippen LogP contribution in [-0.4, -0.2) is 29.4 Å². The average Bonchev–Trinajstić information content (AvgIpc) is 2.47. The first kappa shape index (κ1) is 18.3. The van der Waals surface area contributed by atoms with E-state index in [0.29, 0.717) is 18.5 Å². The zero-order valence-corrected chi connectivity index (χ0v) is 14.6. The summed E-state index contributed by atoms with van der Waals surface area (Å²) in [5.74, 6) is -0.927. The second-order valence-electron chi connectivity index (χ2n) is 4.52. The monoisotopic (exact) mass is 420 g/mol. The molecule has 7 heteroatoms. The molecule has 0 aliphatic rings. The summed E-state index contributed by atoms with van der Waals surface area (Å²) in [5, 5.41) is -1.04. The molecule has 0 aliphatic carbocycles. The molecule has 0 saturated heterocycles. The highest BCUT2D eigenvalue weighted by Gasteiger charge is 2.24. The summed E-state index contributed by atoms with van der Waals surface area (Å²) in [6.45, 7) is 0.560. The lowest BCUT2D eigenvalue weighted by atomic mass is 10.1. The number of hydrogen-bond acceptors (Lipinski definition) is 5. The Morgan fingerprint density at radius 1 is 1.19 bits per heavy atom. The summed E-state index contributed by atoms with van der Waals surface area (Å²) in [7, 11) is 0. The van der Waals surface area contributed by atoms with E-state index >= 15 is 0 Å². The molecule has 0 spiro atoms. The van der Waals surface area contributed by atoms with Gasteiger partial charge in [0.2, 0.25) is 10.8 Å². The number of nitrogens with two attached hydrogens (primary N) is 2. The smallest absolute Gasteiger partial charge is 0.324 e. The van der Waals surface area contributed by atoms with Crippen LogP contribution in [0.3, 0.4) is 0 Å². The number of carbonyl (C=O) groups excluding carboxylic acids is 2. The average molecular weight is 422 g/mol. The van der Waals surface area contributed by atoms with Crippen LogP contribution >= 0.6 is 31.9 Å². The Morgan fingerprint density at radius 3 is 2.38 bits per heavy atom. The van der Waals surface area contributed by atoms with Gasteiger partial charge in [-0.05, 0) is 47.4 Å². The van der Waals surface area contributed by atoms with Crippen molar-refractivity contribution in [2.24, 2.45) is 11.5 Å². The van der Waals surface area contributed by atoms with Gasteiger partial charge >= 0.3 is 5.97 Å². The van der Waals surface area contributed by atoms with E-state index < -0.39 is 17.0 Å². The Labute approximate surface area is 140 Å². The van der Waals surface area contributed by atoms with Crippen LogP contribution in [0, 0.1) is 0 Å². The lowest BCUT2D eigenvalue weighted by molar-refractivity contribution is -0.145. The summed E-state index contributed by atoms with van der Waals surface area (Å²) in [5.41, 5.74) is 11.5. The van der Waals surface area contributed by atoms with Crippen LogP contribution in [0.5, 0.6) is 0 Å². The highest BCUT2D eigenvalue weighted by atomic mass is 79.9. The van der Waals surface area contributed by atoms with E-state index in [2.05, 4.69) is 31.9 Å². The number of hydrogen-bond donors (Lipinski definition) is 2. The molecular weight excluding hydrogens is 404 g/mol. The molecule has 0 radical (unpaired) electrons. The molecule has 0 amide bonds. The number of esters is 1. The summed E-state index contributed by atoms with van der Waals surface area (Å²) >= 11 is 6.36. The molecule has 1 aromatic rings. The predicted octanol–water partition coefficient (Wildman–Crippen LogP) is 2.35. The van der Waals surface area contributed by atoms with E-state index in [1.165, 1.54) is 0 Å². The van der Waals surface area contributed by atoms with Gasteiger partial charge in [-0.2, -0.15) is 0 Å². The molecule has 1 aromatic carbocycles. The van der Waals surface area contributed by atoms with Gasteiger partial charge in [0.1, 0.15) is 6.04 Å². The zero-order chi connectivity index (χ0) is 15.8. The highest BCUT2D eigenvalue weighted by Crippen LogP contribution is 2.16. The number of unbranched alkanes of at least 4 members (excludes halogenated alkanes) is 1. The summed E-state index contributed by atoms with van der Waals surface area (Å²) in [6.07, 6.45) is 2.04. The Balaban J connectivity index is 2.51. The number of rotatable bonds is 8. The van der Waals surface area contributed by atoms with Crippen molar-refractivity contribution in [3.63, 3.8) is 0 Å². The van der Waals surface area contributed by atoms with Crippen molar-refractivity contribution in [2.75, 3.05) is 6.54 Å². The van der Waals surface area contributed by atoms with Gasteiger partial charge in [0, 0.05) is 10.0 Å². The van der Waals surface area contributed by atoms with Crippen molar-refractivity contribution < 1.29 is 14.3 Å². The van der Waals surface area contributed by atoms with Gasteiger partial charge < -0.3 is 16.2 Å². The van der Waals surface area contributed by atoms with Crippen LogP contribution in [0.2, 0.25) is 0 Å². The number of ether oxygens (including phenoxy) is 1. The molecule has 21 heavy (non-hydrogen) atoms. The third-order valence-corrected chi connectivity index (χ3v) is 3.96. The van der Waals surface area contributed by atoms with E-state index in [1.807, 2.05) is 0 Å². The standard InChI is InChI=1S/C14H18Br2N2O3/c15-10-6-4-9(5-7-10)12(19)13(16)21-14(20)11(18)3-1-2-8-17/h4-7,11,13H,1-3,8,17-18H2/t11-,13?/m0/s1. The molecule has 4 N–H and O–H groups in total. The molecule has 0 bridgehead atoms. The largest absolute Gasteiger partial charge is 0.441 e. The van der Waals surface area contributed by atoms with Crippen molar-refractivity contribution >= 4 is 43.6 Å². The topological polar surface area (TPSA) is 95.4 Å². The minimum Gasteiger partial charge on any atom is -0.441 e. The maximum absolute atomic E-state index is 12.1. The number of halogens is 2. The molecule has 0 fully saturated rings. The molecule has 1 unspecified atom stereocenters. The van der Waals surface area contributed by atoms with Gasteiger partial charge in [-0.1, -0.05) is 34.5 Å². The number of benzene rings is 1. The number of carbonyl (C=O) groups is 2. The fourth-order valence-electron chi connectivity index (χ4n) is 1.61. The fraction of sp³-hybridized carbons (Fsp3) is 0.429. The Hall–Kier alpha value is -0.760. The van der Waals surface area contributed by atoms with Crippen molar-refractivity contribution in [3.05, 3.63) is 34.3 Å². The number of Topliss-reactive ketones (excluding diaryl/α,β-unsaturated/α-hetero) is 1. The van der Waals surface area contributed by atoms with Gasteiger partial charge in [-0.3, -0.25) is 9.59 Å². The van der Waals surface area contributed by atoms with E-state index in [1.54, 1.807) is 24.3 Å². The molecule has 0 heterocycles. The van der Waals surface area contributed by atoms with E-state index in [-0.39, 0.29) is 5.78 Å². The first-order valence-electron chi connectivity index (χ1n) is 6.55. The van der Waals surface area contributed by atoms with Crippen molar-refractivity contribution in [3.8, 4) is 0 Å². The van der Waals surface area contributed by atoms with Gasteiger partial charge in [0.25, 0.3) is 0 Å². The van der Waals surface area contributed by atoms with E-state index in [9.17, 15) is 9.59 Å². The summed E-state index contributed by atoms with van der Waals surface area (Å²) in [4.78, 5) is 23.8. The third kappa shape index (κ3) is 6.25. The maximum Gasteiger partial charge on any atom is 0.324 e. The summed E-state index contributed by atoms with van der Waals surface area (Å²) in [6, 6.07) is 6.04. The molecule has 0 saturated carbocycles. The highest BCUT2D eigenvalue weighted by molar-refractivity contribution is 9.10. The Morgan fingerprint density at radius 2 is 1.81 bits per heavy atom. The van der Waals surface area contributed by atoms with Crippen LogP contribution in [0.25, 0.3) is 0 Å². The molecule has 116 valence electrons. The summed E-state index contributed by atoms with van der Waals surface area (Å²) < 4.78 is 5.91. The minimum atomic E-state index is -1.04. The molecule has 0 aromatic heterocycles. The van der Waals surface area contributed by atoms with Crippen LogP contribution in [0.1, 0.15) is 29.6 Å². The SMILES string of the molecule is NCCCC[C@H](N)C(=O)OC(Br)C(=O)c1ccc(Br)cc1. The normalized spacial score (nSPS) is 13.5. The zero-order valence-electron chi connectivity index (χ0n) is 11.4. The first-order valence-corrected chi connectivity index (χ1v) is 8.26. The van der Waals surface area contributed by atoms with Gasteiger partial charge in [0.15, 0.2) is 0 Å². The Kier molecular flexibility index (Phi) is 8.10. The fourth-order valence-corrected chi connectivity index (χ4v) is 2.33. The number of ketones is 1. The Bertz CT molecular complexity index is 480. The number of alkyl halides is 1. The molecule has 1 rings (SSSR count). The molecular formula is C14H18Br2N2O3. The van der Waals surface area contributed by atoms with Crippen LogP contribution in [0.15, 0.2) is 28.7 Å². The first-order chi connectivity index (χ1) is 9.95. The van der Waals surface area contributed by atoms with E-state index in [0.717, 1.165) is 17.3 Å². The molecule has 5 nitrogen and oxygen atoms in total. The van der Waals surface area contributed by atoms with Gasteiger partial charge in [-0.25, -0.2) is 0 Å². The minimum absolute atomic E-state index is 0.329. The van der Waals surface area contributed by atoms with Gasteiger partial charge in [-0.15, -0.1) is 0 Å². The van der Waals surface area contributed by atoms with Gasteiger partial charge in [0.05, 0.1) is 0 Å². The van der Waals surface area contributed by atoms with Crippen molar-refractivity contribution in [2.45, 2.75) is 30.3 Å². The van der Waals surface area contributed by atoms with Crippen molar-refractivity contribution in [1.29, 1.82) is 0 Å². The van der Waals surface area contributed by atoms with Crippen LogP contribution < -0.4 is 11.5 Å².